The van der Waals surface area contributed by atoms with Crippen molar-refractivity contribution in [3.05, 3.63) is 106 Å². The van der Waals surface area contributed by atoms with E-state index in [1.165, 1.54) is 23.5 Å². The van der Waals surface area contributed by atoms with Gasteiger partial charge in [0.15, 0.2) is 0 Å². The molecule has 0 saturated heterocycles. The van der Waals surface area contributed by atoms with E-state index in [4.69, 9.17) is 4.74 Å². The van der Waals surface area contributed by atoms with Crippen molar-refractivity contribution in [3.63, 3.8) is 0 Å². The summed E-state index contributed by atoms with van der Waals surface area (Å²) < 4.78 is 44.3. The van der Waals surface area contributed by atoms with E-state index in [1.807, 2.05) is 68.5 Å². The highest BCUT2D eigenvalue weighted by molar-refractivity contribution is 7.16. The zero-order valence-corrected chi connectivity index (χ0v) is 19.0. The maximum absolute atomic E-state index is 12.8. The van der Waals surface area contributed by atoms with Gasteiger partial charge in [-0.25, -0.2) is 4.98 Å². The molecule has 2 nitrogen and oxygen atoms in total. The van der Waals surface area contributed by atoms with E-state index in [0.29, 0.717) is 17.2 Å². The molecule has 3 aromatic carbocycles. The molecule has 0 N–H and O–H groups in total. The van der Waals surface area contributed by atoms with Gasteiger partial charge in [-0.05, 0) is 60.9 Å². The van der Waals surface area contributed by atoms with Crippen molar-refractivity contribution >= 4 is 23.5 Å². The Labute approximate surface area is 195 Å². The molecule has 4 aromatic rings. The van der Waals surface area contributed by atoms with Crippen LogP contribution in [-0.4, -0.2) is 4.98 Å². The summed E-state index contributed by atoms with van der Waals surface area (Å²) >= 11 is 1.45. The van der Waals surface area contributed by atoms with Gasteiger partial charge in [0.05, 0.1) is 16.1 Å². The molecule has 1 heterocycles. The normalized spacial score (nSPS) is 11.8. The average molecular weight is 466 g/mol. The van der Waals surface area contributed by atoms with E-state index in [-0.39, 0.29) is 0 Å². The number of nitrogens with zero attached hydrogens (tertiary/aromatic N) is 1. The van der Waals surface area contributed by atoms with Crippen LogP contribution in [0, 0.1) is 13.8 Å². The second-order valence-corrected chi connectivity index (χ2v) is 8.71. The lowest BCUT2D eigenvalue weighted by atomic mass is 10.1. The lowest BCUT2D eigenvalue weighted by Crippen LogP contribution is -2.03. The van der Waals surface area contributed by atoms with E-state index < -0.39 is 11.7 Å². The van der Waals surface area contributed by atoms with Gasteiger partial charge in [0.1, 0.15) is 17.4 Å². The van der Waals surface area contributed by atoms with Gasteiger partial charge in [0, 0.05) is 5.56 Å². The van der Waals surface area contributed by atoms with Crippen molar-refractivity contribution in [2.24, 2.45) is 0 Å². The summed E-state index contributed by atoms with van der Waals surface area (Å²) in [5, 5.41) is 0.696. The number of hydrogen-bond acceptors (Lipinski definition) is 3. The fourth-order valence-corrected chi connectivity index (χ4v) is 4.31. The minimum Gasteiger partial charge on any atom is -0.489 e. The number of hydrogen-bond donors (Lipinski definition) is 0. The third kappa shape index (κ3) is 5.71. The van der Waals surface area contributed by atoms with E-state index in [0.717, 1.165) is 45.1 Å². The van der Waals surface area contributed by atoms with E-state index >= 15 is 0 Å². The molecule has 0 atom stereocenters. The number of benzene rings is 3. The van der Waals surface area contributed by atoms with Gasteiger partial charge in [-0.3, -0.25) is 0 Å². The van der Waals surface area contributed by atoms with Gasteiger partial charge in [-0.1, -0.05) is 54.6 Å². The lowest BCUT2D eigenvalue weighted by Gasteiger charge is -2.10. The maximum Gasteiger partial charge on any atom is 0.416 e. The Kier molecular flexibility index (Phi) is 6.65. The first-order chi connectivity index (χ1) is 15.8. The molecule has 0 spiro atoms. The number of aromatic nitrogens is 1. The van der Waals surface area contributed by atoms with Gasteiger partial charge < -0.3 is 4.74 Å². The molecule has 0 fully saturated rings. The van der Waals surface area contributed by atoms with Crippen molar-refractivity contribution < 1.29 is 17.9 Å². The first kappa shape index (κ1) is 22.8. The van der Waals surface area contributed by atoms with Crippen LogP contribution in [0.3, 0.4) is 0 Å². The number of thiazole rings is 1. The predicted octanol–water partition coefficient (Wildman–Crippen LogP) is 8.20. The van der Waals surface area contributed by atoms with Crippen LogP contribution in [0.1, 0.15) is 32.8 Å². The summed E-state index contributed by atoms with van der Waals surface area (Å²) in [6, 6.07) is 21.1. The molecular weight excluding hydrogens is 443 g/mol. The van der Waals surface area contributed by atoms with Gasteiger partial charge in [0.2, 0.25) is 0 Å². The zero-order valence-electron chi connectivity index (χ0n) is 18.2. The molecular formula is C27H22F3NOS. The SMILES string of the molecule is Cc1cc(C=Cc2sc(-c3ccc(C(F)(F)F)cc3)nc2C)ccc1OCc1ccccc1. The molecule has 0 bridgehead atoms. The fraction of sp³-hybridized carbons (Fsp3) is 0.148. The minimum absolute atomic E-state index is 0.518. The fourth-order valence-electron chi connectivity index (χ4n) is 3.33. The molecule has 6 heteroatoms. The molecule has 1 aromatic heterocycles. The van der Waals surface area contributed by atoms with Crippen LogP contribution < -0.4 is 4.74 Å². The second kappa shape index (κ2) is 9.63. The lowest BCUT2D eigenvalue weighted by molar-refractivity contribution is -0.137. The third-order valence-corrected chi connectivity index (χ3v) is 6.33. The van der Waals surface area contributed by atoms with Gasteiger partial charge >= 0.3 is 6.18 Å². The topological polar surface area (TPSA) is 22.1 Å². The Hall–Kier alpha value is -3.38. The third-order valence-electron chi connectivity index (χ3n) is 5.15. The zero-order chi connectivity index (χ0) is 23.4. The van der Waals surface area contributed by atoms with Crippen LogP contribution in [0.15, 0.2) is 72.8 Å². The highest BCUT2D eigenvalue weighted by Crippen LogP contribution is 2.33. The predicted molar refractivity (Wildman–Crippen MR) is 128 cm³/mol. The number of ether oxygens (including phenoxy) is 1. The van der Waals surface area contributed by atoms with Crippen LogP contribution in [0.2, 0.25) is 0 Å². The first-order valence-electron chi connectivity index (χ1n) is 10.4. The van der Waals surface area contributed by atoms with Gasteiger partial charge in [-0.15, -0.1) is 11.3 Å². The molecule has 0 aliphatic heterocycles. The van der Waals surface area contributed by atoms with Crippen LogP contribution in [-0.2, 0) is 12.8 Å². The maximum atomic E-state index is 12.8. The van der Waals surface area contributed by atoms with Crippen LogP contribution >= 0.6 is 11.3 Å². The van der Waals surface area contributed by atoms with Crippen molar-refractivity contribution in [1.29, 1.82) is 0 Å². The van der Waals surface area contributed by atoms with E-state index in [2.05, 4.69) is 11.1 Å². The average Bonchev–Trinajstić information content (AvgIpc) is 3.18. The Balaban J connectivity index is 1.46. The largest absolute Gasteiger partial charge is 0.489 e. The number of rotatable bonds is 6. The highest BCUT2D eigenvalue weighted by atomic mass is 32.1. The van der Waals surface area contributed by atoms with Gasteiger partial charge in [-0.2, -0.15) is 13.2 Å². The summed E-state index contributed by atoms with van der Waals surface area (Å²) in [7, 11) is 0. The Morgan fingerprint density at radius 1 is 0.909 bits per heavy atom. The molecule has 0 amide bonds. The summed E-state index contributed by atoms with van der Waals surface area (Å²) in [5.41, 5.74) is 4.04. The molecule has 0 aliphatic carbocycles. The molecule has 0 radical (unpaired) electrons. The minimum atomic E-state index is -4.34. The summed E-state index contributed by atoms with van der Waals surface area (Å²) in [4.78, 5) is 5.50. The number of halogens is 3. The Morgan fingerprint density at radius 3 is 2.30 bits per heavy atom. The monoisotopic (exact) mass is 465 g/mol. The second-order valence-electron chi connectivity index (χ2n) is 7.68. The first-order valence-corrected chi connectivity index (χ1v) is 11.2. The van der Waals surface area contributed by atoms with Gasteiger partial charge in [0.25, 0.3) is 0 Å². The van der Waals surface area contributed by atoms with Crippen molar-refractivity contribution in [2.75, 3.05) is 0 Å². The summed E-state index contributed by atoms with van der Waals surface area (Å²) in [6.07, 6.45) is -0.351. The molecule has 33 heavy (non-hydrogen) atoms. The molecule has 0 unspecified atom stereocenters. The standard InChI is InChI=1S/C27H22F3NOS/c1-18-16-20(8-14-24(18)32-17-21-6-4-3-5-7-21)9-15-25-19(2)31-26(33-25)22-10-12-23(13-11-22)27(28,29)30/h3-16H,17H2,1-2H3. The Morgan fingerprint density at radius 2 is 1.64 bits per heavy atom. The van der Waals surface area contributed by atoms with Crippen molar-refractivity contribution in [1.82, 2.24) is 4.98 Å². The van der Waals surface area contributed by atoms with Crippen LogP contribution in [0.4, 0.5) is 13.2 Å². The molecule has 4 rings (SSSR count). The smallest absolute Gasteiger partial charge is 0.416 e. The van der Waals surface area contributed by atoms with Crippen molar-refractivity contribution in [2.45, 2.75) is 26.6 Å². The summed E-state index contributed by atoms with van der Waals surface area (Å²) in [5.74, 6) is 0.842. The number of alkyl halides is 3. The molecule has 168 valence electrons. The van der Waals surface area contributed by atoms with E-state index in [9.17, 15) is 13.2 Å². The number of aryl methyl sites for hydroxylation is 2. The quantitative estimate of drug-likeness (QED) is 0.286. The van der Waals surface area contributed by atoms with Crippen molar-refractivity contribution in [3.8, 4) is 16.3 Å². The van der Waals surface area contributed by atoms with Crippen LogP contribution in [0.25, 0.3) is 22.7 Å². The Bertz CT molecular complexity index is 1260. The van der Waals surface area contributed by atoms with E-state index in [1.54, 1.807) is 0 Å². The highest BCUT2D eigenvalue weighted by Gasteiger charge is 2.30. The molecule has 0 aliphatic rings. The summed E-state index contributed by atoms with van der Waals surface area (Å²) in [6.45, 7) is 4.43. The molecule has 0 saturated carbocycles. The van der Waals surface area contributed by atoms with Crippen LogP contribution in [0.5, 0.6) is 5.75 Å².